The number of hydrogen-bond donors (Lipinski definition) is 1. The van der Waals surface area contributed by atoms with Crippen molar-refractivity contribution in [2.75, 3.05) is 5.75 Å². The van der Waals surface area contributed by atoms with Gasteiger partial charge < -0.3 is 5.11 Å². The van der Waals surface area contributed by atoms with E-state index >= 15 is 0 Å². The molecule has 4 nitrogen and oxygen atoms in total. The van der Waals surface area contributed by atoms with Gasteiger partial charge in [0.25, 0.3) is 0 Å². The Labute approximate surface area is 167 Å². The van der Waals surface area contributed by atoms with Gasteiger partial charge in [-0.05, 0) is 42.7 Å². The van der Waals surface area contributed by atoms with E-state index in [-0.39, 0.29) is 10.6 Å². The molecular formula is C22H29FNO3S+. The van der Waals surface area contributed by atoms with Gasteiger partial charge in [-0.3, -0.25) is 0 Å². The fourth-order valence-electron chi connectivity index (χ4n) is 4.50. The second-order valence-corrected chi connectivity index (χ2v) is 9.94. The van der Waals surface area contributed by atoms with Crippen molar-refractivity contribution in [1.82, 2.24) is 0 Å². The fourth-order valence-corrected chi connectivity index (χ4v) is 6.76. The number of fused-ring (bicyclic) bond motifs is 1. The van der Waals surface area contributed by atoms with E-state index in [2.05, 4.69) is 6.92 Å². The normalized spacial score (nSPS) is 26.5. The summed E-state index contributed by atoms with van der Waals surface area (Å²) in [5, 5.41) is 11.6. The van der Waals surface area contributed by atoms with Crippen LogP contribution in [0.15, 0.2) is 47.6 Å². The minimum Gasteiger partial charge on any atom is -0.392 e. The van der Waals surface area contributed by atoms with E-state index in [1.165, 1.54) is 18.2 Å². The van der Waals surface area contributed by atoms with Crippen LogP contribution in [0.25, 0.3) is 0 Å². The van der Waals surface area contributed by atoms with Gasteiger partial charge in [0.2, 0.25) is 0 Å². The van der Waals surface area contributed by atoms with E-state index in [0.717, 1.165) is 18.4 Å². The van der Waals surface area contributed by atoms with Crippen LogP contribution in [0.1, 0.15) is 56.6 Å². The van der Waals surface area contributed by atoms with E-state index in [1.54, 1.807) is 0 Å². The van der Waals surface area contributed by atoms with Crippen molar-refractivity contribution in [3.63, 3.8) is 0 Å². The number of nitrogens with zero attached hydrogens (tertiary/aromatic N) is 1. The van der Waals surface area contributed by atoms with Crippen LogP contribution >= 0.6 is 0 Å². The summed E-state index contributed by atoms with van der Waals surface area (Å²) in [6.07, 6.45) is 5.73. The number of aryl methyl sites for hydroxylation is 1. The Kier molecular flexibility index (Phi) is 5.92. The lowest BCUT2D eigenvalue weighted by atomic mass is 9.69. The number of aromatic nitrogens is 1. The zero-order valence-corrected chi connectivity index (χ0v) is 17.5. The van der Waals surface area contributed by atoms with Crippen molar-refractivity contribution in [2.45, 2.75) is 56.4 Å². The highest BCUT2D eigenvalue weighted by molar-refractivity contribution is 7.91. The van der Waals surface area contributed by atoms with E-state index in [0.29, 0.717) is 18.4 Å². The number of aliphatic hydroxyl groups is 1. The van der Waals surface area contributed by atoms with Gasteiger partial charge in [-0.25, -0.2) is 17.4 Å². The van der Waals surface area contributed by atoms with Crippen molar-refractivity contribution >= 4 is 9.84 Å². The lowest BCUT2D eigenvalue weighted by Crippen LogP contribution is -2.43. The summed E-state index contributed by atoms with van der Waals surface area (Å²) in [5.41, 5.74) is 0.366. The first kappa shape index (κ1) is 20.9. The predicted molar refractivity (Wildman–Crippen MR) is 106 cm³/mol. The van der Waals surface area contributed by atoms with Crippen molar-refractivity contribution in [2.24, 2.45) is 12.5 Å². The molecule has 3 atom stereocenters. The summed E-state index contributed by atoms with van der Waals surface area (Å²) >= 11 is 0. The maximum atomic E-state index is 14.2. The second-order valence-electron chi connectivity index (χ2n) is 7.99. The number of sulfone groups is 1. The van der Waals surface area contributed by atoms with Crippen molar-refractivity contribution in [1.29, 1.82) is 0 Å². The number of pyridine rings is 1. The van der Waals surface area contributed by atoms with Crippen LogP contribution in [-0.4, -0.2) is 25.4 Å². The third-order valence-electron chi connectivity index (χ3n) is 6.12. The number of aliphatic hydroxyl groups excluding tert-OH is 1. The molecule has 1 aliphatic rings. The van der Waals surface area contributed by atoms with Crippen LogP contribution in [0.2, 0.25) is 0 Å². The van der Waals surface area contributed by atoms with Gasteiger partial charge in [-0.15, -0.1) is 0 Å². The van der Waals surface area contributed by atoms with Gasteiger partial charge in [0, 0.05) is 23.0 Å². The molecule has 2 unspecified atom stereocenters. The Morgan fingerprint density at radius 3 is 2.68 bits per heavy atom. The van der Waals surface area contributed by atoms with Crippen molar-refractivity contribution in [3.8, 4) is 0 Å². The molecule has 6 heteroatoms. The van der Waals surface area contributed by atoms with Crippen LogP contribution in [-0.2, 0) is 16.9 Å². The molecule has 2 aromatic rings. The predicted octanol–water partition coefficient (Wildman–Crippen LogP) is 3.52. The Morgan fingerprint density at radius 1 is 1.29 bits per heavy atom. The quantitative estimate of drug-likeness (QED) is 0.611. The molecule has 1 N–H and O–H groups in total. The molecule has 0 fully saturated rings. The molecule has 152 valence electrons. The third-order valence-corrected chi connectivity index (χ3v) is 8.11. The number of unbranched alkanes of at least 4 members (excludes halogenated alkanes) is 1. The van der Waals surface area contributed by atoms with Crippen molar-refractivity contribution in [3.05, 3.63) is 59.7 Å². The van der Waals surface area contributed by atoms with Gasteiger partial charge in [0.1, 0.15) is 12.9 Å². The number of halogens is 1. The van der Waals surface area contributed by atoms with Crippen molar-refractivity contribution < 1.29 is 22.5 Å². The molecule has 1 aromatic heterocycles. The summed E-state index contributed by atoms with van der Waals surface area (Å²) in [7, 11) is -1.79. The number of benzene rings is 1. The molecule has 0 aliphatic carbocycles. The summed E-state index contributed by atoms with van der Waals surface area (Å²) in [6, 6.07) is 7.56. The minimum atomic E-state index is -3.66. The van der Waals surface area contributed by atoms with E-state index in [9.17, 15) is 17.9 Å². The highest BCUT2D eigenvalue weighted by Gasteiger charge is 2.49. The first-order valence-electron chi connectivity index (χ1n) is 9.89. The Morgan fingerprint density at radius 2 is 2.04 bits per heavy atom. The topological polar surface area (TPSA) is 58.2 Å². The largest absolute Gasteiger partial charge is 0.392 e. The first-order valence-corrected chi connectivity index (χ1v) is 11.5. The molecule has 1 aliphatic heterocycles. The Bertz CT molecular complexity index is 960. The third kappa shape index (κ3) is 3.72. The van der Waals surface area contributed by atoms with Crippen LogP contribution in [0.4, 0.5) is 4.39 Å². The zero-order valence-electron chi connectivity index (χ0n) is 16.7. The SMILES string of the molecule is CCCCC1(CC)CS(=O)(=O)c2ccc(F)cc2[C@@H](c2ccc[n+](C)c2)C1O. The Balaban J connectivity index is 2.30. The van der Waals surface area contributed by atoms with E-state index in [4.69, 9.17) is 0 Å². The molecule has 0 spiro atoms. The maximum Gasteiger partial charge on any atom is 0.179 e. The summed E-state index contributed by atoms with van der Waals surface area (Å²) in [5.74, 6) is -1.22. The smallest absolute Gasteiger partial charge is 0.179 e. The molecule has 0 saturated carbocycles. The van der Waals surface area contributed by atoms with Gasteiger partial charge in [0.05, 0.1) is 16.8 Å². The van der Waals surface area contributed by atoms with Crippen LogP contribution < -0.4 is 4.57 Å². The number of rotatable bonds is 5. The average molecular weight is 407 g/mol. The summed E-state index contributed by atoms with van der Waals surface area (Å²) < 4.78 is 42.6. The van der Waals surface area contributed by atoms with Gasteiger partial charge in [-0.1, -0.05) is 26.7 Å². The lowest BCUT2D eigenvalue weighted by Gasteiger charge is -2.39. The van der Waals surface area contributed by atoms with Crippen LogP contribution in [0, 0.1) is 11.2 Å². The summed E-state index contributed by atoms with van der Waals surface area (Å²) in [4.78, 5) is 0.135. The molecule has 0 bridgehead atoms. The molecule has 0 amide bonds. The highest BCUT2D eigenvalue weighted by Crippen LogP contribution is 2.48. The monoisotopic (exact) mass is 406 g/mol. The average Bonchev–Trinajstić information content (AvgIpc) is 2.71. The molecule has 0 radical (unpaired) electrons. The highest BCUT2D eigenvalue weighted by atomic mass is 32.2. The molecule has 1 aromatic carbocycles. The molecule has 28 heavy (non-hydrogen) atoms. The van der Waals surface area contributed by atoms with Crippen LogP contribution in [0.3, 0.4) is 0 Å². The molecular weight excluding hydrogens is 377 g/mol. The zero-order chi connectivity index (χ0) is 20.5. The number of hydrogen-bond acceptors (Lipinski definition) is 3. The lowest BCUT2D eigenvalue weighted by molar-refractivity contribution is -0.672. The molecule has 2 heterocycles. The standard InChI is InChI=1S/C22H29FNO3S/c1-4-6-11-22(5-2)15-28(26,27)19-10-9-17(23)13-18(19)20(21(22)25)16-8-7-12-24(3)14-16/h7-10,12-14,20-21,25H,4-6,11,15H2,1-3H3/q+1/t20-,21?,22?/m1/s1. The Hall–Kier alpha value is -1.79. The van der Waals surface area contributed by atoms with Crippen LogP contribution in [0.5, 0.6) is 0 Å². The van der Waals surface area contributed by atoms with Gasteiger partial charge in [-0.2, -0.15) is 0 Å². The minimum absolute atomic E-state index is 0.119. The second kappa shape index (κ2) is 7.91. The summed E-state index contributed by atoms with van der Waals surface area (Å²) in [6.45, 7) is 3.99. The van der Waals surface area contributed by atoms with Gasteiger partial charge in [0.15, 0.2) is 22.2 Å². The molecule has 3 rings (SSSR count). The fraction of sp³-hybridized carbons (Fsp3) is 0.500. The van der Waals surface area contributed by atoms with E-state index in [1.807, 2.05) is 43.1 Å². The molecule has 0 saturated heterocycles. The van der Waals surface area contributed by atoms with E-state index < -0.39 is 33.1 Å². The maximum absolute atomic E-state index is 14.2. The van der Waals surface area contributed by atoms with Gasteiger partial charge >= 0.3 is 0 Å². The first-order chi connectivity index (χ1) is 13.2.